The van der Waals surface area contributed by atoms with Crippen molar-refractivity contribution in [2.24, 2.45) is 11.3 Å². The first kappa shape index (κ1) is 29.5. The summed E-state index contributed by atoms with van der Waals surface area (Å²) in [4.78, 5) is 44.7. The zero-order valence-corrected chi connectivity index (χ0v) is 23.6. The molecule has 3 N–H and O–H groups in total. The third kappa shape index (κ3) is 6.50. The van der Waals surface area contributed by atoms with Crippen LogP contribution in [0.1, 0.15) is 75.6 Å². The Hall–Kier alpha value is -2.78. The molecule has 0 bridgehead atoms. The van der Waals surface area contributed by atoms with Crippen molar-refractivity contribution in [3.05, 3.63) is 52.0 Å². The van der Waals surface area contributed by atoms with E-state index in [4.69, 9.17) is 0 Å². The molecule has 1 aromatic heterocycles. The quantitative estimate of drug-likeness (QED) is 0.439. The third-order valence-electron chi connectivity index (χ3n) is 6.58. The number of carbonyl (C=O) groups excluding carboxylic acids is 2. The molecular weight excluding hydrogens is 476 g/mol. The molecular formula is C27H40N4O4S. The molecule has 3 unspecified atom stereocenters. The van der Waals surface area contributed by atoms with Gasteiger partial charge in [-0.15, -0.1) is 11.3 Å². The number of carboxylic acid groups (broad SMARTS) is 1. The van der Waals surface area contributed by atoms with E-state index >= 15 is 0 Å². The number of hydrogen-bond acceptors (Lipinski definition) is 6. The Kier molecular flexibility index (Phi) is 9.42. The maximum absolute atomic E-state index is 13.9. The Morgan fingerprint density at radius 1 is 1.03 bits per heavy atom. The first-order valence-electron chi connectivity index (χ1n) is 12.1. The molecule has 2 aromatic rings. The molecule has 0 aliphatic carbocycles. The van der Waals surface area contributed by atoms with Gasteiger partial charge in [0.05, 0.1) is 12.1 Å². The van der Waals surface area contributed by atoms with Crippen LogP contribution in [0, 0.1) is 11.3 Å². The van der Waals surface area contributed by atoms with Gasteiger partial charge in [-0.05, 0) is 23.9 Å². The van der Waals surface area contributed by atoms with Gasteiger partial charge in [-0.3, -0.25) is 9.59 Å². The van der Waals surface area contributed by atoms with E-state index in [2.05, 4.69) is 15.6 Å². The second-order valence-corrected chi connectivity index (χ2v) is 12.0. The highest BCUT2D eigenvalue weighted by Gasteiger charge is 2.42. The van der Waals surface area contributed by atoms with Gasteiger partial charge in [0.1, 0.15) is 11.0 Å². The molecule has 2 amide bonds. The summed E-state index contributed by atoms with van der Waals surface area (Å²) in [5.41, 5.74) is -0.144. The minimum absolute atomic E-state index is 0.0230. The average molecular weight is 517 g/mol. The van der Waals surface area contributed by atoms with Crippen molar-refractivity contribution in [2.75, 3.05) is 14.1 Å². The molecule has 198 valence electrons. The topological polar surface area (TPSA) is 112 Å². The van der Waals surface area contributed by atoms with Gasteiger partial charge >= 0.3 is 5.97 Å². The van der Waals surface area contributed by atoms with Crippen molar-refractivity contribution >= 4 is 29.1 Å². The number of amides is 2. The van der Waals surface area contributed by atoms with Gasteiger partial charge in [0.15, 0.2) is 5.69 Å². The summed E-state index contributed by atoms with van der Waals surface area (Å²) >= 11 is 1.22. The highest BCUT2D eigenvalue weighted by Crippen LogP contribution is 2.33. The lowest BCUT2D eigenvalue weighted by Gasteiger charge is -2.40. The van der Waals surface area contributed by atoms with Crippen LogP contribution in [-0.2, 0) is 15.0 Å². The van der Waals surface area contributed by atoms with Crippen molar-refractivity contribution in [3.63, 3.8) is 0 Å². The molecule has 3 atom stereocenters. The van der Waals surface area contributed by atoms with Crippen LogP contribution >= 0.6 is 11.3 Å². The van der Waals surface area contributed by atoms with E-state index in [9.17, 15) is 19.5 Å². The molecule has 9 heteroatoms. The van der Waals surface area contributed by atoms with E-state index in [1.807, 2.05) is 78.8 Å². The summed E-state index contributed by atoms with van der Waals surface area (Å²) in [6.07, 6.45) is 0. The van der Waals surface area contributed by atoms with Gasteiger partial charge in [-0.2, -0.15) is 0 Å². The van der Waals surface area contributed by atoms with Gasteiger partial charge in [-0.25, -0.2) is 9.78 Å². The summed E-state index contributed by atoms with van der Waals surface area (Å²) < 4.78 is 0. The number of aromatic nitrogens is 1. The molecule has 36 heavy (non-hydrogen) atoms. The fourth-order valence-electron chi connectivity index (χ4n) is 4.49. The minimum atomic E-state index is -1.10. The van der Waals surface area contributed by atoms with Crippen LogP contribution in [-0.4, -0.2) is 59.0 Å². The Bertz CT molecular complexity index is 1060. The Morgan fingerprint density at radius 3 is 2.06 bits per heavy atom. The Morgan fingerprint density at radius 2 is 1.61 bits per heavy atom. The van der Waals surface area contributed by atoms with Gasteiger partial charge < -0.3 is 20.6 Å². The molecule has 8 nitrogen and oxygen atoms in total. The molecule has 1 heterocycles. The van der Waals surface area contributed by atoms with Crippen molar-refractivity contribution in [1.29, 1.82) is 0 Å². The number of nitrogens with one attached hydrogen (secondary N) is 2. The molecule has 0 aliphatic heterocycles. The van der Waals surface area contributed by atoms with Crippen LogP contribution in [0.5, 0.6) is 0 Å². The standard InChI is InChI=1S/C27H40N4O4S/c1-16(2)19(23-29-18(15-36-23)25(34)35)31(9)24(33)21(26(3,4)5)30-22(32)20(28-8)27(6,7)17-13-11-10-12-14-17/h10-16,19-21,28H,1-9H3,(H,30,32)(H,34,35). The molecule has 1 aromatic carbocycles. The van der Waals surface area contributed by atoms with Gasteiger partial charge in [0, 0.05) is 17.8 Å². The number of carbonyl (C=O) groups is 3. The Labute approximate surface area is 218 Å². The average Bonchev–Trinajstić information content (AvgIpc) is 3.27. The van der Waals surface area contributed by atoms with E-state index in [0.717, 1.165) is 5.56 Å². The number of carboxylic acids is 1. The number of thiazole rings is 1. The second kappa shape index (κ2) is 11.5. The largest absolute Gasteiger partial charge is 0.476 e. The lowest BCUT2D eigenvalue weighted by molar-refractivity contribution is -0.141. The van der Waals surface area contributed by atoms with Gasteiger partial charge in [-0.1, -0.05) is 78.8 Å². The smallest absolute Gasteiger partial charge is 0.355 e. The van der Waals surface area contributed by atoms with E-state index in [1.165, 1.54) is 16.7 Å². The maximum Gasteiger partial charge on any atom is 0.355 e. The summed E-state index contributed by atoms with van der Waals surface area (Å²) in [5.74, 6) is -1.65. The summed E-state index contributed by atoms with van der Waals surface area (Å²) in [6, 6.07) is 7.98. The van der Waals surface area contributed by atoms with Crippen LogP contribution in [0.25, 0.3) is 0 Å². The fraction of sp³-hybridized carbons (Fsp3) is 0.556. The van der Waals surface area contributed by atoms with Crippen molar-refractivity contribution in [3.8, 4) is 0 Å². The van der Waals surface area contributed by atoms with E-state index in [0.29, 0.717) is 5.01 Å². The van der Waals surface area contributed by atoms with Crippen LogP contribution in [0.3, 0.4) is 0 Å². The molecule has 2 rings (SSSR count). The van der Waals surface area contributed by atoms with E-state index in [-0.39, 0.29) is 23.4 Å². The van der Waals surface area contributed by atoms with E-state index in [1.54, 1.807) is 19.0 Å². The van der Waals surface area contributed by atoms with Crippen molar-refractivity contribution in [1.82, 2.24) is 20.5 Å². The third-order valence-corrected chi connectivity index (χ3v) is 7.50. The number of benzene rings is 1. The highest BCUT2D eigenvalue weighted by molar-refractivity contribution is 7.09. The monoisotopic (exact) mass is 516 g/mol. The van der Waals surface area contributed by atoms with E-state index < -0.39 is 34.9 Å². The summed E-state index contributed by atoms with van der Waals surface area (Å²) in [6.45, 7) is 13.7. The predicted octanol–water partition coefficient (Wildman–Crippen LogP) is 4.09. The maximum atomic E-state index is 13.9. The molecule has 0 spiro atoms. The van der Waals surface area contributed by atoms with Crippen molar-refractivity contribution in [2.45, 2.75) is 72.0 Å². The predicted molar refractivity (Wildman–Crippen MR) is 143 cm³/mol. The van der Waals surface area contributed by atoms with Crippen LogP contribution < -0.4 is 10.6 Å². The first-order valence-corrected chi connectivity index (χ1v) is 13.0. The van der Waals surface area contributed by atoms with Crippen LogP contribution in [0.15, 0.2) is 35.7 Å². The normalized spacial score (nSPS) is 14.7. The SMILES string of the molecule is CNC(C(=O)NC(C(=O)N(C)C(c1nc(C(=O)O)cs1)C(C)C)C(C)(C)C)C(C)(C)c1ccccc1. The molecule has 0 saturated carbocycles. The summed E-state index contributed by atoms with van der Waals surface area (Å²) in [7, 11) is 3.43. The number of likely N-dealkylation sites (N-methyl/N-ethyl adjacent to an activating group) is 2. The lowest BCUT2D eigenvalue weighted by atomic mass is 9.76. The van der Waals surface area contributed by atoms with Crippen LogP contribution in [0.2, 0.25) is 0 Å². The van der Waals surface area contributed by atoms with Crippen molar-refractivity contribution < 1.29 is 19.5 Å². The second-order valence-electron chi connectivity index (χ2n) is 11.1. The molecule has 0 radical (unpaired) electrons. The molecule has 0 saturated heterocycles. The zero-order valence-electron chi connectivity index (χ0n) is 22.7. The number of aromatic carboxylic acids is 1. The van der Waals surface area contributed by atoms with Crippen LogP contribution in [0.4, 0.5) is 0 Å². The number of rotatable bonds is 10. The zero-order chi connectivity index (χ0) is 27.4. The highest BCUT2D eigenvalue weighted by atomic mass is 32.1. The number of hydrogen-bond donors (Lipinski definition) is 3. The molecule has 0 aliphatic rings. The lowest BCUT2D eigenvalue weighted by Crippen LogP contribution is -2.61. The fourth-order valence-corrected chi connectivity index (χ4v) is 5.60. The van der Waals surface area contributed by atoms with Gasteiger partial charge in [0.2, 0.25) is 11.8 Å². The number of nitrogens with zero attached hydrogens (tertiary/aromatic N) is 2. The summed E-state index contributed by atoms with van der Waals surface area (Å²) in [5, 5.41) is 17.5. The Balaban J connectivity index is 2.36. The first-order chi connectivity index (χ1) is 16.6. The van der Waals surface area contributed by atoms with Gasteiger partial charge in [0.25, 0.3) is 0 Å². The molecule has 0 fully saturated rings. The minimum Gasteiger partial charge on any atom is -0.476 e.